The molecule has 0 atom stereocenters. The van der Waals surface area contributed by atoms with Crippen LogP contribution in [0.15, 0.2) is 47.4 Å². The summed E-state index contributed by atoms with van der Waals surface area (Å²) in [4.78, 5) is 31.0. The number of amides is 1. The summed E-state index contributed by atoms with van der Waals surface area (Å²) < 4.78 is 5.37. The quantitative estimate of drug-likeness (QED) is 0.922. The Morgan fingerprint density at radius 3 is 2.54 bits per heavy atom. The summed E-state index contributed by atoms with van der Waals surface area (Å²) in [5, 5.41) is 0. The standard InChI is InChI=1S/C18H21N3O3/c1-14-11-16(22)17(12-19-14)24-13-18(23)21-9-7-20(8-10-21)15-5-3-2-4-6-15/h2-6,11-12H,7-10,13H2,1H3,(H,19,22). The number of rotatable bonds is 4. The second-order valence-electron chi connectivity index (χ2n) is 5.84. The Morgan fingerprint density at radius 1 is 1.17 bits per heavy atom. The Hall–Kier alpha value is -2.76. The second kappa shape index (κ2) is 7.21. The molecule has 3 rings (SSSR count). The van der Waals surface area contributed by atoms with Gasteiger partial charge in [0.25, 0.3) is 5.91 Å². The topological polar surface area (TPSA) is 65.6 Å². The minimum absolute atomic E-state index is 0.0947. The van der Waals surface area contributed by atoms with E-state index in [0.717, 1.165) is 18.8 Å². The highest BCUT2D eigenvalue weighted by Gasteiger charge is 2.21. The van der Waals surface area contributed by atoms with Crippen LogP contribution >= 0.6 is 0 Å². The van der Waals surface area contributed by atoms with E-state index in [1.807, 2.05) is 18.2 Å². The second-order valence-corrected chi connectivity index (χ2v) is 5.84. The smallest absolute Gasteiger partial charge is 0.260 e. The van der Waals surface area contributed by atoms with E-state index in [0.29, 0.717) is 13.1 Å². The lowest BCUT2D eigenvalue weighted by Gasteiger charge is -2.36. The van der Waals surface area contributed by atoms with Gasteiger partial charge < -0.3 is 19.5 Å². The highest BCUT2D eigenvalue weighted by Crippen LogP contribution is 2.15. The zero-order valence-electron chi connectivity index (χ0n) is 13.7. The first kappa shape index (κ1) is 16.1. The first-order valence-electron chi connectivity index (χ1n) is 8.03. The summed E-state index contributed by atoms with van der Waals surface area (Å²) in [6, 6.07) is 11.6. The maximum absolute atomic E-state index is 12.3. The number of H-pyrrole nitrogens is 1. The average molecular weight is 327 g/mol. The van der Waals surface area contributed by atoms with Gasteiger partial charge in [-0.15, -0.1) is 0 Å². The molecule has 6 nitrogen and oxygen atoms in total. The first-order chi connectivity index (χ1) is 11.6. The molecule has 2 aromatic rings. The molecule has 2 heterocycles. The Kier molecular flexibility index (Phi) is 4.84. The van der Waals surface area contributed by atoms with Gasteiger partial charge >= 0.3 is 0 Å². The van der Waals surface area contributed by atoms with Crippen LogP contribution in [0.1, 0.15) is 5.69 Å². The Balaban J connectivity index is 1.51. The molecule has 1 aliphatic rings. The summed E-state index contributed by atoms with van der Waals surface area (Å²) in [6.45, 7) is 4.57. The van der Waals surface area contributed by atoms with Crippen LogP contribution in [0.25, 0.3) is 0 Å². The molecule has 0 spiro atoms. The number of aryl methyl sites for hydroxylation is 1. The Labute approximate surface area is 140 Å². The maximum atomic E-state index is 12.3. The molecule has 126 valence electrons. The van der Waals surface area contributed by atoms with Crippen LogP contribution in [0.4, 0.5) is 5.69 Å². The Bertz CT molecular complexity index is 750. The van der Waals surface area contributed by atoms with Crippen LogP contribution in [-0.2, 0) is 4.79 Å². The van der Waals surface area contributed by atoms with Gasteiger partial charge in [-0.1, -0.05) is 18.2 Å². The molecule has 1 aromatic carbocycles. The molecule has 24 heavy (non-hydrogen) atoms. The van der Waals surface area contributed by atoms with Crippen LogP contribution in [0.3, 0.4) is 0 Å². The average Bonchev–Trinajstić information content (AvgIpc) is 2.62. The third kappa shape index (κ3) is 3.76. The molecule has 1 aliphatic heterocycles. The normalized spacial score (nSPS) is 14.5. The third-order valence-corrected chi connectivity index (χ3v) is 4.13. The van der Waals surface area contributed by atoms with Gasteiger partial charge in [-0.25, -0.2) is 0 Å². The minimum atomic E-state index is -0.215. The summed E-state index contributed by atoms with van der Waals surface area (Å²) in [6.07, 6.45) is 1.50. The molecule has 1 N–H and O–H groups in total. The van der Waals surface area contributed by atoms with Crippen molar-refractivity contribution in [2.24, 2.45) is 0 Å². The zero-order chi connectivity index (χ0) is 16.9. The number of aromatic amines is 1. The van der Waals surface area contributed by atoms with E-state index in [4.69, 9.17) is 4.74 Å². The molecule has 0 saturated carbocycles. The van der Waals surface area contributed by atoms with Crippen molar-refractivity contribution in [2.75, 3.05) is 37.7 Å². The molecule has 0 bridgehead atoms. The number of hydrogen-bond donors (Lipinski definition) is 1. The van der Waals surface area contributed by atoms with E-state index < -0.39 is 0 Å². The number of aromatic nitrogens is 1. The van der Waals surface area contributed by atoms with E-state index >= 15 is 0 Å². The summed E-state index contributed by atoms with van der Waals surface area (Å²) >= 11 is 0. The number of benzene rings is 1. The highest BCUT2D eigenvalue weighted by atomic mass is 16.5. The summed E-state index contributed by atoms with van der Waals surface area (Å²) in [7, 11) is 0. The lowest BCUT2D eigenvalue weighted by Crippen LogP contribution is -2.50. The molecule has 0 unspecified atom stereocenters. The van der Waals surface area contributed by atoms with E-state index in [1.165, 1.54) is 18.0 Å². The molecule has 0 radical (unpaired) electrons. The van der Waals surface area contributed by atoms with Crippen LogP contribution in [0, 0.1) is 6.92 Å². The van der Waals surface area contributed by atoms with Crippen LogP contribution in [-0.4, -0.2) is 48.6 Å². The van der Waals surface area contributed by atoms with E-state index in [9.17, 15) is 9.59 Å². The van der Waals surface area contributed by atoms with Crippen molar-refractivity contribution in [2.45, 2.75) is 6.92 Å². The van der Waals surface area contributed by atoms with Crippen molar-refractivity contribution < 1.29 is 9.53 Å². The number of anilines is 1. The number of para-hydroxylation sites is 1. The van der Waals surface area contributed by atoms with Gasteiger partial charge in [0.15, 0.2) is 12.4 Å². The van der Waals surface area contributed by atoms with Crippen molar-refractivity contribution >= 4 is 11.6 Å². The predicted molar refractivity (Wildman–Crippen MR) is 92.5 cm³/mol. The number of piperazine rings is 1. The lowest BCUT2D eigenvalue weighted by atomic mass is 10.2. The number of hydrogen-bond acceptors (Lipinski definition) is 4. The van der Waals surface area contributed by atoms with Crippen molar-refractivity contribution in [1.29, 1.82) is 0 Å². The van der Waals surface area contributed by atoms with E-state index in [1.54, 1.807) is 11.8 Å². The van der Waals surface area contributed by atoms with Gasteiger partial charge in [-0.3, -0.25) is 9.59 Å². The maximum Gasteiger partial charge on any atom is 0.260 e. The van der Waals surface area contributed by atoms with Gasteiger partial charge in [0.05, 0.1) is 0 Å². The van der Waals surface area contributed by atoms with Crippen molar-refractivity contribution in [1.82, 2.24) is 9.88 Å². The van der Waals surface area contributed by atoms with Crippen molar-refractivity contribution in [3.05, 3.63) is 58.5 Å². The van der Waals surface area contributed by atoms with E-state index in [-0.39, 0.29) is 23.7 Å². The largest absolute Gasteiger partial charge is 0.478 e. The van der Waals surface area contributed by atoms with Crippen LogP contribution in [0.5, 0.6) is 5.75 Å². The van der Waals surface area contributed by atoms with E-state index in [2.05, 4.69) is 22.0 Å². The number of ether oxygens (including phenoxy) is 1. The van der Waals surface area contributed by atoms with Gasteiger partial charge in [-0.05, 0) is 19.1 Å². The molecule has 6 heteroatoms. The highest BCUT2D eigenvalue weighted by molar-refractivity contribution is 5.78. The fourth-order valence-corrected chi connectivity index (χ4v) is 2.76. The minimum Gasteiger partial charge on any atom is -0.478 e. The predicted octanol–water partition coefficient (Wildman–Crippen LogP) is 1.41. The third-order valence-electron chi connectivity index (χ3n) is 4.13. The zero-order valence-corrected chi connectivity index (χ0v) is 13.7. The number of nitrogens with one attached hydrogen (secondary N) is 1. The summed E-state index contributed by atoms with van der Waals surface area (Å²) in [5.41, 5.74) is 1.72. The molecule has 1 aromatic heterocycles. The first-order valence-corrected chi connectivity index (χ1v) is 8.03. The summed E-state index contributed by atoms with van der Waals surface area (Å²) in [5.74, 6) is 0.0829. The molecule has 1 saturated heterocycles. The van der Waals surface area contributed by atoms with Crippen LogP contribution in [0.2, 0.25) is 0 Å². The number of carbonyl (C=O) groups excluding carboxylic acids is 1. The number of carbonyl (C=O) groups is 1. The monoisotopic (exact) mass is 327 g/mol. The Morgan fingerprint density at radius 2 is 1.88 bits per heavy atom. The van der Waals surface area contributed by atoms with Gasteiger partial charge in [-0.2, -0.15) is 0 Å². The molecular weight excluding hydrogens is 306 g/mol. The molecular formula is C18H21N3O3. The van der Waals surface area contributed by atoms with Crippen molar-refractivity contribution in [3.63, 3.8) is 0 Å². The fraction of sp³-hybridized carbons (Fsp3) is 0.333. The fourth-order valence-electron chi connectivity index (χ4n) is 2.76. The van der Waals surface area contributed by atoms with Crippen LogP contribution < -0.4 is 15.1 Å². The molecule has 0 aliphatic carbocycles. The SMILES string of the molecule is Cc1cc(=O)c(OCC(=O)N2CCN(c3ccccc3)CC2)c[nH]1. The van der Waals surface area contributed by atoms with Gasteiger partial charge in [0.1, 0.15) is 0 Å². The van der Waals surface area contributed by atoms with Gasteiger partial charge in [0.2, 0.25) is 5.43 Å². The molecule has 1 amide bonds. The number of nitrogens with zero attached hydrogens (tertiary/aromatic N) is 2. The lowest BCUT2D eigenvalue weighted by molar-refractivity contribution is -0.133. The van der Waals surface area contributed by atoms with Gasteiger partial charge in [0, 0.05) is 49.8 Å². The molecule has 1 fully saturated rings. The van der Waals surface area contributed by atoms with Crippen molar-refractivity contribution in [3.8, 4) is 5.75 Å². The number of pyridine rings is 1.